The smallest absolute Gasteiger partial charge is 0.317 e. The Morgan fingerprint density at radius 3 is 2.28 bits per heavy atom. The lowest BCUT2D eigenvalue weighted by molar-refractivity contribution is -0.136. The fourth-order valence-electron chi connectivity index (χ4n) is 2.96. The number of rotatable bonds is 11. The van der Waals surface area contributed by atoms with E-state index < -0.39 is 17.9 Å². The van der Waals surface area contributed by atoms with E-state index in [0.29, 0.717) is 17.7 Å². The SMILES string of the molecule is COc1ccc(C[C@H](CSC(C)=O)C(=O)C(NCC(=O)O)c2ccccc2)cc1. The zero-order valence-corrected chi connectivity index (χ0v) is 17.3. The van der Waals surface area contributed by atoms with Crippen LogP contribution in [0.1, 0.15) is 24.1 Å². The first kappa shape index (κ1) is 22.6. The van der Waals surface area contributed by atoms with Gasteiger partial charge in [0.2, 0.25) is 0 Å². The Labute approximate surface area is 174 Å². The molecule has 1 unspecified atom stereocenters. The quantitative estimate of drug-likeness (QED) is 0.582. The van der Waals surface area contributed by atoms with Crippen LogP contribution in [0.25, 0.3) is 0 Å². The standard InChI is InChI=1S/C22H25NO5S/c1-15(24)29-14-18(12-16-8-10-19(28-2)11-9-16)22(27)21(23-13-20(25)26)17-6-4-3-5-7-17/h3-11,18,21,23H,12-14H2,1-2H3,(H,25,26)/t18-,21?/m1/s1. The van der Waals surface area contributed by atoms with Crippen LogP contribution in [0.3, 0.4) is 0 Å². The van der Waals surface area contributed by atoms with Crippen molar-refractivity contribution in [3.63, 3.8) is 0 Å². The maximum Gasteiger partial charge on any atom is 0.317 e. The van der Waals surface area contributed by atoms with Gasteiger partial charge in [0.15, 0.2) is 10.9 Å². The van der Waals surface area contributed by atoms with Crippen molar-refractivity contribution < 1.29 is 24.2 Å². The van der Waals surface area contributed by atoms with Gasteiger partial charge in [-0.15, -0.1) is 0 Å². The highest BCUT2D eigenvalue weighted by atomic mass is 32.2. The highest BCUT2D eigenvalue weighted by Gasteiger charge is 2.29. The molecular weight excluding hydrogens is 390 g/mol. The summed E-state index contributed by atoms with van der Waals surface area (Å²) in [6, 6.07) is 15.7. The minimum Gasteiger partial charge on any atom is -0.497 e. The Hall–Kier alpha value is -2.64. The molecule has 0 radical (unpaired) electrons. The summed E-state index contributed by atoms with van der Waals surface area (Å²) in [4.78, 5) is 36.0. The second-order valence-corrected chi connectivity index (χ2v) is 7.77. The predicted octanol–water partition coefficient (Wildman–Crippen LogP) is 3.12. The normalized spacial score (nSPS) is 12.8. The number of carbonyl (C=O) groups is 3. The van der Waals surface area contributed by atoms with Crippen LogP contribution >= 0.6 is 11.8 Å². The third-order valence-electron chi connectivity index (χ3n) is 4.41. The molecule has 0 aromatic heterocycles. The van der Waals surface area contributed by atoms with Crippen molar-refractivity contribution in [2.24, 2.45) is 5.92 Å². The van der Waals surface area contributed by atoms with Crippen molar-refractivity contribution in [3.05, 3.63) is 65.7 Å². The second-order valence-electron chi connectivity index (χ2n) is 6.57. The Kier molecular flexibility index (Phi) is 8.89. The summed E-state index contributed by atoms with van der Waals surface area (Å²) in [6.07, 6.45) is 0.446. The number of thioether (sulfide) groups is 1. The first-order valence-corrected chi connectivity index (χ1v) is 10.2. The molecule has 0 aliphatic carbocycles. The minimum atomic E-state index is -1.04. The van der Waals surface area contributed by atoms with E-state index in [-0.39, 0.29) is 17.4 Å². The van der Waals surface area contributed by atoms with Crippen LogP contribution < -0.4 is 10.1 Å². The highest BCUT2D eigenvalue weighted by molar-refractivity contribution is 8.13. The predicted molar refractivity (Wildman–Crippen MR) is 113 cm³/mol. The first-order valence-electron chi connectivity index (χ1n) is 9.21. The van der Waals surface area contributed by atoms with Crippen LogP contribution in [0.5, 0.6) is 5.75 Å². The number of hydrogen-bond acceptors (Lipinski definition) is 6. The molecule has 2 atom stereocenters. The van der Waals surface area contributed by atoms with Crippen molar-refractivity contribution in [1.82, 2.24) is 5.32 Å². The molecule has 7 heteroatoms. The van der Waals surface area contributed by atoms with Crippen molar-refractivity contribution in [2.75, 3.05) is 19.4 Å². The van der Waals surface area contributed by atoms with Gasteiger partial charge in [0.1, 0.15) is 5.75 Å². The van der Waals surface area contributed by atoms with Crippen LogP contribution in [0, 0.1) is 5.92 Å². The second kappa shape index (κ2) is 11.4. The molecule has 0 saturated heterocycles. The summed E-state index contributed by atoms with van der Waals surface area (Å²) in [6.45, 7) is 1.14. The van der Waals surface area contributed by atoms with Gasteiger partial charge in [-0.1, -0.05) is 54.2 Å². The van der Waals surface area contributed by atoms with Crippen molar-refractivity contribution in [1.29, 1.82) is 0 Å². The van der Waals surface area contributed by atoms with Gasteiger partial charge in [-0.05, 0) is 29.7 Å². The number of carboxylic acids is 1. The van der Waals surface area contributed by atoms with E-state index in [0.717, 1.165) is 23.1 Å². The van der Waals surface area contributed by atoms with Crippen LogP contribution in [-0.4, -0.2) is 41.4 Å². The van der Waals surface area contributed by atoms with Crippen molar-refractivity contribution in [3.8, 4) is 5.75 Å². The van der Waals surface area contributed by atoms with Crippen LogP contribution in [0.2, 0.25) is 0 Å². The Morgan fingerprint density at radius 2 is 1.72 bits per heavy atom. The summed E-state index contributed by atoms with van der Waals surface area (Å²) < 4.78 is 5.17. The number of carbonyl (C=O) groups excluding carboxylic acids is 2. The van der Waals surface area contributed by atoms with Gasteiger partial charge in [0.25, 0.3) is 0 Å². The Morgan fingerprint density at radius 1 is 1.07 bits per heavy atom. The summed E-state index contributed by atoms with van der Waals surface area (Å²) in [5, 5.41) is 11.8. The minimum absolute atomic E-state index is 0.0627. The van der Waals surface area contributed by atoms with E-state index in [4.69, 9.17) is 9.84 Å². The monoisotopic (exact) mass is 415 g/mol. The maximum atomic E-state index is 13.4. The molecule has 6 nitrogen and oxygen atoms in total. The number of ketones is 1. The zero-order valence-electron chi connectivity index (χ0n) is 16.5. The summed E-state index contributed by atoms with van der Waals surface area (Å²) in [5.74, 6) is -0.576. The lowest BCUT2D eigenvalue weighted by Gasteiger charge is -2.23. The molecule has 154 valence electrons. The molecule has 0 heterocycles. The third-order valence-corrected chi connectivity index (χ3v) is 5.38. The lowest BCUT2D eigenvalue weighted by Crippen LogP contribution is -2.37. The number of carboxylic acid groups (broad SMARTS) is 1. The molecule has 2 rings (SSSR count). The van der Waals surface area contributed by atoms with Crippen molar-refractivity contribution in [2.45, 2.75) is 19.4 Å². The molecule has 0 spiro atoms. The lowest BCUT2D eigenvalue weighted by atomic mass is 9.89. The molecule has 0 saturated carbocycles. The molecule has 2 aromatic rings. The molecule has 2 aromatic carbocycles. The molecular formula is C22H25NO5S. The number of methoxy groups -OCH3 is 1. The van der Waals surface area contributed by atoms with Crippen molar-refractivity contribution >= 4 is 28.6 Å². The fourth-order valence-corrected chi connectivity index (χ4v) is 3.68. The Balaban J connectivity index is 2.27. The third kappa shape index (κ3) is 7.36. The van der Waals surface area contributed by atoms with E-state index >= 15 is 0 Å². The molecule has 0 aliphatic rings. The van der Waals surface area contributed by atoms with Crippen LogP contribution in [-0.2, 0) is 20.8 Å². The topological polar surface area (TPSA) is 92.7 Å². The van der Waals surface area contributed by atoms with Gasteiger partial charge in [-0.3, -0.25) is 19.7 Å². The number of hydrogen-bond donors (Lipinski definition) is 2. The number of nitrogens with one attached hydrogen (secondary N) is 1. The molecule has 0 aliphatic heterocycles. The number of aliphatic carboxylic acids is 1. The van der Waals surface area contributed by atoms with Crippen LogP contribution in [0.15, 0.2) is 54.6 Å². The van der Waals surface area contributed by atoms with Gasteiger partial charge in [0.05, 0.1) is 19.7 Å². The molecule has 0 amide bonds. The average Bonchev–Trinajstić information content (AvgIpc) is 2.72. The van der Waals surface area contributed by atoms with Crippen LogP contribution in [0.4, 0.5) is 0 Å². The maximum absolute atomic E-state index is 13.4. The highest BCUT2D eigenvalue weighted by Crippen LogP contribution is 2.25. The molecule has 0 fully saturated rings. The van der Waals surface area contributed by atoms with E-state index in [1.165, 1.54) is 6.92 Å². The number of Topliss-reactive ketones (excluding diaryl/α,β-unsaturated/α-hetero) is 1. The zero-order chi connectivity index (χ0) is 21.2. The van der Waals surface area contributed by atoms with Gasteiger partial charge in [0, 0.05) is 18.6 Å². The van der Waals surface area contributed by atoms with E-state index in [1.807, 2.05) is 30.3 Å². The van der Waals surface area contributed by atoms with E-state index in [1.54, 1.807) is 31.4 Å². The molecule has 0 bridgehead atoms. The van der Waals surface area contributed by atoms with Gasteiger partial charge >= 0.3 is 5.97 Å². The summed E-state index contributed by atoms with van der Waals surface area (Å²) in [5.41, 5.74) is 1.64. The molecule has 29 heavy (non-hydrogen) atoms. The number of benzene rings is 2. The average molecular weight is 416 g/mol. The summed E-state index contributed by atoms with van der Waals surface area (Å²) in [7, 11) is 1.59. The van der Waals surface area contributed by atoms with E-state index in [2.05, 4.69) is 5.32 Å². The Bertz CT molecular complexity index is 823. The van der Waals surface area contributed by atoms with Gasteiger partial charge < -0.3 is 9.84 Å². The summed E-state index contributed by atoms with van der Waals surface area (Å²) >= 11 is 1.10. The largest absolute Gasteiger partial charge is 0.497 e. The van der Waals surface area contributed by atoms with E-state index in [9.17, 15) is 14.4 Å². The number of ether oxygens (including phenoxy) is 1. The van der Waals surface area contributed by atoms with Gasteiger partial charge in [-0.25, -0.2) is 0 Å². The molecule has 2 N–H and O–H groups in total. The van der Waals surface area contributed by atoms with Gasteiger partial charge in [-0.2, -0.15) is 0 Å². The fraction of sp³-hybridized carbons (Fsp3) is 0.318. The first-order chi connectivity index (χ1) is 13.9.